The monoisotopic (exact) mass is 454 g/mol. The first kappa shape index (κ1) is 22.2. The third-order valence-electron chi connectivity index (χ3n) is 6.54. The van der Waals surface area contributed by atoms with Gasteiger partial charge in [0, 0.05) is 11.3 Å². The normalized spacial score (nSPS) is 14.3. The summed E-state index contributed by atoms with van der Waals surface area (Å²) < 4.78 is 11.7. The van der Waals surface area contributed by atoms with E-state index in [9.17, 15) is 4.79 Å². The molecule has 174 valence electrons. The summed E-state index contributed by atoms with van der Waals surface area (Å²) >= 11 is 0. The molecule has 0 unspecified atom stereocenters. The van der Waals surface area contributed by atoms with E-state index in [1.807, 2.05) is 56.3 Å². The predicted molar refractivity (Wildman–Crippen MR) is 135 cm³/mol. The van der Waals surface area contributed by atoms with Gasteiger partial charge in [0.05, 0.1) is 0 Å². The molecule has 1 aliphatic carbocycles. The van der Waals surface area contributed by atoms with Crippen LogP contribution in [0.4, 0.5) is 5.69 Å². The summed E-state index contributed by atoms with van der Waals surface area (Å²) in [6, 6.07) is 19.8. The average molecular weight is 455 g/mol. The molecule has 1 heterocycles. The number of carbonyl (C=O) groups is 1. The Morgan fingerprint density at radius 3 is 2.62 bits per heavy atom. The number of fused-ring (bicyclic) bond motifs is 1. The van der Waals surface area contributed by atoms with Gasteiger partial charge in [0.2, 0.25) is 5.89 Å². The van der Waals surface area contributed by atoms with E-state index in [1.165, 1.54) is 37.7 Å². The number of nitrogens with one attached hydrogen (secondary N) is 1. The van der Waals surface area contributed by atoms with Crippen LogP contribution in [0.5, 0.6) is 5.75 Å². The number of anilines is 1. The van der Waals surface area contributed by atoms with E-state index in [0.717, 1.165) is 27.8 Å². The van der Waals surface area contributed by atoms with E-state index >= 15 is 0 Å². The lowest BCUT2D eigenvalue weighted by Gasteiger charge is -2.22. The smallest absolute Gasteiger partial charge is 0.262 e. The van der Waals surface area contributed by atoms with Crippen molar-refractivity contribution < 1.29 is 13.9 Å². The van der Waals surface area contributed by atoms with Crippen molar-refractivity contribution in [3.8, 4) is 17.2 Å². The van der Waals surface area contributed by atoms with Crippen molar-refractivity contribution >= 4 is 22.7 Å². The number of aryl methyl sites for hydroxylation is 2. The zero-order valence-corrected chi connectivity index (χ0v) is 19.8. The van der Waals surface area contributed by atoms with Crippen molar-refractivity contribution in [1.29, 1.82) is 0 Å². The quantitative estimate of drug-likeness (QED) is 0.335. The molecular formula is C29H30N2O3. The zero-order valence-electron chi connectivity index (χ0n) is 19.8. The fourth-order valence-electron chi connectivity index (χ4n) is 4.85. The number of hydrogen-bond donors (Lipinski definition) is 1. The second kappa shape index (κ2) is 9.72. The zero-order chi connectivity index (χ0) is 23.5. The molecule has 3 aromatic carbocycles. The van der Waals surface area contributed by atoms with Gasteiger partial charge in [-0.15, -0.1) is 0 Å². The largest absolute Gasteiger partial charge is 0.484 e. The van der Waals surface area contributed by atoms with Crippen LogP contribution in [-0.2, 0) is 4.79 Å². The van der Waals surface area contributed by atoms with Gasteiger partial charge in [-0.25, -0.2) is 4.98 Å². The minimum absolute atomic E-state index is 0.0473. The lowest BCUT2D eigenvalue weighted by Crippen LogP contribution is -2.20. The van der Waals surface area contributed by atoms with Gasteiger partial charge in [0.15, 0.2) is 12.2 Å². The van der Waals surface area contributed by atoms with Crippen molar-refractivity contribution in [3.05, 3.63) is 77.4 Å². The second-order valence-electron chi connectivity index (χ2n) is 9.27. The molecule has 1 aliphatic rings. The summed E-state index contributed by atoms with van der Waals surface area (Å²) in [4.78, 5) is 17.1. The van der Waals surface area contributed by atoms with Crippen LogP contribution >= 0.6 is 0 Å². The lowest BCUT2D eigenvalue weighted by atomic mass is 9.84. The van der Waals surface area contributed by atoms with Crippen LogP contribution in [-0.4, -0.2) is 17.5 Å². The highest BCUT2D eigenvalue weighted by Gasteiger charge is 2.16. The summed E-state index contributed by atoms with van der Waals surface area (Å²) in [6.45, 7) is 4.02. The van der Waals surface area contributed by atoms with Gasteiger partial charge in [-0.2, -0.15) is 0 Å². The van der Waals surface area contributed by atoms with Crippen molar-refractivity contribution in [2.24, 2.45) is 0 Å². The van der Waals surface area contributed by atoms with Gasteiger partial charge in [-0.3, -0.25) is 4.79 Å². The Morgan fingerprint density at radius 1 is 1.03 bits per heavy atom. The Morgan fingerprint density at radius 2 is 1.82 bits per heavy atom. The fourth-order valence-corrected chi connectivity index (χ4v) is 4.85. The lowest BCUT2D eigenvalue weighted by molar-refractivity contribution is -0.118. The first-order valence-electron chi connectivity index (χ1n) is 12.1. The van der Waals surface area contributed by atoms with Crippen LogP contribution in [0.25, 0.3) is 22.6 Å². The summed E-state index contributed by atoms with van der Waals surface area (Å²) in [7, 11) is 0. The molecule has 1 amide bonds. The third-order valence-corrected chi connectivity index (χ3v) is 6.54. The molecule has 1 saturated carbocycles. The molecule has 0 bridgehead atoms. The van der Waals surface area contributed by atoms with Crippen LogP contribution in [0.15, 0.2) is 65.1 Å². The number of hydrogen-bond acceptors (Lipinski definition) is 4. The average Bonchev–Trinajstić information content (AvgIpc) is 3.28. The van der Waals surface area contributed by atoms with Gasteiger partial charge < -0.3 is 14.5 Å². The van der Waals surface area contributed by atoms with Crippen LogP contribution < -0.4 is 10.1 Å². The minimum Gasteiger partial charge on any atom is -0.484 e. The van der Waals surface area contributed by atoms with Crippen LogP contribution in [0.1, 0.15) is 54.7 Å². The second-order valence-corrected chi connectivity index (χ2v) is 9.27. The van der Waals surface area contributed by atoms with Crippen molar-refractivity contribution in [2.75, 3.05) is 11.9 Å². The van der Waals surface area contributed by atoms with E-state index in [2.05, 4.69) is 28.5 Å². The maximum atomic E-state index is 12.5. The molecule has 34 heavy (non-hydrogen) atoms. The standard InChI is InChI=1S/C29H30N2O3/c1-19-15-20(2)28-26(16-19)31-29(34-28)23-9-6-10-24(17-23)30-27(32)18-33-25-13-11-22(12-14-25)21-7-4-3-5-8-21/h6,9-17,21H,3-5,7-8,18H2,1-2H3,(H,30,32). The first-order chi connectivity index (χ1) is 16.5. The van der Waals surface area contributed by atoms with Crippen LogP contribution in [0.3, 0.4) is 0 Å². The molecule has 5 heteroatoms. The van der Waals surface area contributed by atoms with Crippen molar-refractivity contribution in [2.45, 2.75) is 51.9 Å². The molecule has 0 aliphatic heterocycles. The predicted octanol–water partition coefficient (Wildman–Crippen LogP) is 7.18. The molecule has 0 saturated heterocycles. The Kier molecular flexibility index (Phi) is 6.35. The Hall–Kier alpha value is -3.60. The Labute approximate surface area is 200 Å². The number of oxazole rings is 1. The number of ether oxygens (including phenoxy) is 1. The molecule has 4 aromatic rings. The SMILES string of the molecule is Cc1cc(C)c2oc(-c3cccc(NC(=O)COc4ccc(C5CCCCC5)cc4)c3)nc2c1. The summed E-state index contributed by atoms with van der Waals surface area (Å²) in [5.41, 5.74) is 6.69. The maximum absolute atomic E-state index is 12.5. The van der Waals surface area contributed by atoms with E-state index in [1.54, 1.807) is 0 Å². The van der Waals surface area contributed by atoms with E-state index in [4.69, 9.17) is 9.15 Å². The molecule has 5 nitrogen and oxygen atoms in total. The van der Waals surface area contributed by atoms with Crippen LogP contribution in [0, 0.1) is 13.8 Å². The highest BCUT2D eigenvalue weighted by molar-refractivity contribution is 5.92. The fraction of sp³-hybridized carbons (Fsp3) is 0.310. The molecule has 1 fully saturated rings. The third kappa shape index (κ3) is 4.98. The van der Waals surface area contributed by atoms with Gasteiger partial charge in [-0.05, 0) is 85.7 Å². The number of aromatic nitrogens is 1. The number of carbonyl (C=O) groups excluding carboxylic acids is 1. The Balaban J connectivity index is 1.21. The summed E-state index contributed by atoms with van der Waals surface area (Å²) in [5.74, 6) is 1.69. The van der Waals surface area contributed by atoms with Crippen LogP contribution in [0.2, 0.25) is 0 Å². The maximum Gasteiger partial charge on any atom is 0.262 e. The van der Waals surface area contributed by atoms with Gasteiger partial charge >= 0.3 is 0 Å². The van der Waals surface area contributed by atoms with E-state index in [-0.39, 0.29) is 12.5 Å². The van der Waals surface area contributed by atoms with Crippen molar-refractivity contribution in [1.82, 2.24) is 4.98 Å². The molecule has 5 rings (SSSR count). The Bertz CT molecular complexity index is 1300. The minimum atomic E-state index is -0.211. The number of rotatable bonds is 6. The molecule has 1 aromatic heterocycles. The summed E-state index contributed by atoms with van der Waals surface area (Å²) in [6.07, 6.45) is 6.52. The number of nitrogens with zero attached hydrogens (tertiary/aromatic N) is 1. The van der Waals surface area contributed by atoms with E-state index in [0.29, 0.717) is 23.2 Å². The topological polar surface area (TPSA) is 64.4 Å². The molecule has 0 atom stereocenters. The highest BCUT2D eigenvalue weighted by Crippen LogP contribution is 2.33. The van der Waals surface area contributed by atoms with Gasteiger partial charge in [-0.1, -0.05) is 43.5 Å². The van der Waals surface area contributed by atoms with Gasteiger partial charge in [0.1, 0.15) is 11.3 Å². The molecule has 1 N–H and O–H groups in total. The highest BCUT2D eigenvalue weighted by atomic mass is 16.5. The molecule has 0 radical (unpaired) electrons. The van der Waals surface area contributed by atoms with Gasteiger partial charge in [0.25, 0.3) is 5.91 Å². The molecule has 0 spiro atoms. The number of amides is 1. The number of benzene rings is 3. The molecular weight excluding hydrogens is 424 g/mol. The van der Waals surface area contributed by atoms with E-state index < -0.39 is 0 Å². The van der Waals surface area contributed by atoms with Crippen molar-refractivity contribution in [3.63, 3.8) is 0 Å². The summed E-state index contributed by atoms with van der Waals surface area (Å²) in [5, 5.41) is 2.91. The first-order valence-corrected chi connectivity index (χ1v) is 12.1.